The van der Waals surface area contributed by atoms with Crippen LogP contribution >= 0.6 is 0 Å². The molecule has 0 radical (unpaired) electrons. The zero-order valence-corrected chi connectivity index (χ0v) is 20.5. The molecule has 1 saturated carbocycles. The van der Waals surface area contributed by atoms with E-state index in [4.69, 9.17) is 9.72 Å². The van der Waals surface area contributed by atoms with Gasteiger partial charge < -0.3 is 14.6 Å². The second-order valence-corrected chi connectivity index (χ2v) is 9.39. The number of imidazole rings is 1. The highest BCUT2D eigenvalue weighted by Crippen LogP contribution is 2.32. The smallest absolute Gasteiger partial charge is 0.337 e. The Bertz CT molecular complexity index is 1340. The van der Waals surface area contributed by atoms with Gasteiger partial charge in [0, 0.05) is 11.6 Å². The fourth-order valence-corrected chi connectivity index (χ4v) is 5.13. The number of aryl methyl sites for hydroxylation is 1. The van der Waals surface area contributed by atoms with Crippen LogP contribution in [-0.4, -0.2) is 34.6 Å². The minimum absolute atomic E-state index is 0.0356. The first-order valence-corrected chi connectivity index (χ1v) is 12.6. The maximum atomic E-state index is 13.8. The van der Waals surface area contributed by atoms with Crippen LogP contribution in [0.3, 0.4) is 0 Å². The molecule has 0 aliphatic heterocycles. The lowest BCUT2D eigenvalue weighted by Crippen LogP contribution is -2.38. The molecule has 5 rings (SSSR count). The van der Waals surface area contributed by atoms with Crippen molar-refractivity contribution in [3.63, 3.8) is 0 Å². The minimum Gasteiger partial charge on any atom is -0.465 e. The third-order valence-electron chi connectivity index (χ3n) is 7.03. The Morgan fingerprint density at radius 1 is 0.972 bits per heavy atom. The monoisotopic (exact) mass is 481 g/mol. The van der Waals surface area contributed by atoms with Crippen LogP contribution in [0.4, 0.5) is 0 Å². The highest BCUT2D eigenvalue weighted by atomic mass is 16.5. The summed E-state index contributed by atoms with van der Waals surface area (Å²) in [5.41, 5.74) is 4.28. The number of fused-ring (bicyclic) bond motifs is 1. The molecular formula is C30H31N3O3. The number of carbonyl (C=O) groups is 2. The molecule has 1 amide bonds. The molecule has 6 heteroatoms. The quantitative estimate of drug-likeness (QED) is 0.327. The van der Waals surface area contributed by atoms with Crippen molar-refractivity contribution in [2.24, 2.45) is 0 Å². The fourth-order valence-electron chi connectivity index (χ4n) is 5.13. The molecule has 1 aliphatic carbocycles. The maximum Gasteiger partial charge on any atom is 0.337 e. The van der Waals surface area contributed by atoms with Crippen molar-refractivity contribution in [1.82, 2.24) is 14.9 Å². The van der Waals surface area contributed by atoms with Gasteiger partial charge in [0.15, 0.2) is 0 Å². The average Bonchev–Trinajstić information content (AvgIpc) is 3.57. The van der Waals surface area contributed by atoms with Gasteiger partial charge in [0.05, 0.1) is 23.7 Å². The van der Waals surface area contributed by atoms with Gasteiger partial charge in [-0.15, -0.1) is 0 Å². The molecule has 1 N–H and O–H groups in total. The average molecular weight is 482 g/mol. The third-order valence-corrected chi connectivity index (χ3v) is 7.03. The Hall–Kier alpha value is -3.93. The summed E-state index contributed by atoms with van der Waals surface area (Å²) in [4.78, 5) is 30.7. The molecule has 4 aromatic rings. The van der Waals surface area contributed by atoms with E-state index < -0.39 is 6.04 Å². The number of aromatic nitrogens is 2. The number of hydrogen-bond acceptors (Lipinski definition) is 4. The van der Waals surface area contributed by atoms with E-state index in [2.05, 4.69) is 22.0 Å². The topological polar surface area (TPSA) is 73.2 Å². The Morgan fingerprint density at radius 2 is 1.67 bits per heavy atom. The Balaban J connectivity index is 1.56. The van der Waals surface area contributed by atoms with Gasteiger partial charge in [0.25, 0.3) is 0 Å². The summed E-state index contributed by atoms with van der Waals surface area (Å²) in [5.74, 6) is 0.368. The lowest BCUT2D eigenvalue weighted by Gasteiger charge is -2.24. The van der Waals surface area contributed by atoms with Crippen molar-refractivity contribution >= 4 is 22.9 Å². The van der Waals surface area contributed by atoms with Gasteiger partial charge in [0.2, 0.25) is 5.91 Å². The summed E-state index contributed by atoms with van der Waals surface area (Å²) in [5, 5.41) is 3.33. The van der Waals surface area contributed by atoms with Crippen molar-refractivity contribution in [3.8, 4) is 11.4 Å². The van der Waals surface area contributed by atoms with E-state index in [-0.39, 0.29) is 17.9 Å². The molecule has 0 saturated heterocycles. The molecule has 3 aromatic carbocycles. The van der Waals surface area contributed by atoms with Crippen LogP contribution in [0.5, 0.6) is 0 Å². The normalized spacial score (nSPS) is 14.6. The van der Waals surface area contributed by atoms with E-state index in [1.165, 1.54) is 12.7 Å². The van der Waals surface area contributed by atoms with Crippen LogP contribution in [0, 0.1) is 0 Å². The van der Waals surface area contributed by atoms with Gasteiger partial charge in [-0.1, -0.05) is 67.4 Å². The second-order valence-electron chi connectivity index (χ2n) is 9.39. The number of ether oxygens (including phenoxy) is 1. The third kappa shape index (κ3) is 5.03. The van der Waals surface area contributed by atoms with Gasteiger partial charge in [0.1, 0.15) is 11.9 Å². The molecule has 1 aromatic heterocycles. The highest BCUT2D eigenvalue weighted by molar-refractivity contribution is 5.90. The molecule has 1 heterocycles. The number of hydrogen-bond donors (Lipinski definition) is 1. The summed E-state index contributed by atoms with van der Waals surface area (Å²) in [6, 6.07) is 25.2. The Kier molecular flexibility index (Phi) is 7.12. The van der Waals surface area contributed by atoms with Gasteiger partial charge >= 0.3 is 5.97 Å². The minimum atomic E-state index is -0.423. The van der Waals surface area contributed by atoms with Crippen LogP contribution in [0.15, 0.2) is 78.9 Å². The molecule has 1 unspecified atom stereocenters. The van der Waals surface area contributed by atoms with Gasteiger partial charge in [-0.2, -0.15) is 0 Å². The van der Waals surface area contributed by atoms with Crippen molar-refractivity contribution in [2.75, 3.05) is 7.11 Å². The van der Waals surface area contributed by atoms with Crippen LogP contribution in [0.2, 0.25) is 0 Å². The summed E-state index contributed by atoms with van der Waals surface area (Å²) in [6.07, 6.45) is 5.80. The van der Waals surface area contributed by atoms with E-state index in [1.807, 2.05) is 54.6 Å². The molecule has 184 valence electrons. The molecule has 36 heavy (non-hydrogen) atoms. The van der Waals surface area contributed by atoms with Gasteiger partial charge in [-0.25, -0.2) is 9.78 Å². The molecule has 6 nitrogen and oxygen atoms in total. The molecule has 1 aliphatic rings. The summed E-state index contributed by atoms with van der Waals surface area (Å²) in [7, 11) is 1.37. The SMILES string of the molecule is COC(=O)c1ccc(-c2nc3ccccc3n2C(CCc2ccccc2)C(=O)NC2CCCC2)cc1. The van der Waals surface area contributed by atoms with Gasteiger partial charge in [-0.3, -0.25) is 4.79 Å². The number of nitrogens with one attached hydrogen (secondary N) is 1. The lowest BCUT2D eigenvalue weighted by atomic mass is 10.0. The number of nitrogens with zero attached hydrogens (tertiary/aromatic N) is 2. The molecule has 1 fully saturated rings. The lowest BCUT2D eigenvalue weighted by molar-refractivity contribution is -0.125. The first-order chi connectivity index (χ1) is 17.6. The maximum absolute atomic E-state index is 13.8. The van der Waals surface area contributed by atoms with Crippen LogP contribution < -0.4 is 5.32 Å². The van der Waals surface area contributed by atoms with E-state index in [0.717, 1.165) is 48.7 Å². The van der Waals surface area contributed by atoms with E-state index in [0.29, 0.717) is 17.8 Å². The van der Waals surface area contributed by atoms with Crippen molar-refractivity contribution in [1.29, 1.82) is 0 Å². The number of esters is 1. The van der Waals surface area contributed by atoms with Crippen molar-refractivity contribution < 1.29 is 14.3 Å². The first-order valence-electron chi connectivity index (χ1n) is 12.6. The molecule has 0 bridgehead atoms. The number of carbonyl (C=O) groups excluding carboxylic acids is 2. The summed E-state index contributed by atoms with van der Waals surface area (Å²) < 4.78 is 6.93. The van der Waals surface area contributed by atoms with Crippen molar-refractivity contribution in [3.05, 3.63) is 90.0 Å². The molecule has 1 atom stereocenters. The number of amides is 1. The van der Waals surface area contributed by atoms with Crippen molar-refractivity contribution in [2.45, 2.75) is 50.6 Å². The number of rotatable bonds is 8. The highest BCUT2D eigenvalue weighted by Gasteiger charge is 2.28. The summed E-state index contributed by atoms with van der Waals surface area (Å²) >= 11 is 0. The predicted octanol–water partition coefficient (Wildman–Crippen LogP) is 5.72. The second kappa shape index (κ2) is 10.8. The number of benzene rings is 3. The van der Waals surface area contributed by atoms with Crippen LogP contribution in [0.1, 0.15) is 54.1 Å². The predicted molar refractivity (Wildman–Crippen MR) is 141 cm³/mol. The van der Waals surface area contributed by atoms with Crippen LogP contribution in [-0.2, 0) is 16.0 Å². The standard InChI is InChI=1S/C30H31N3O3/c1-36-30(35)23-18-16-22(17-19-23)28-32-25-13-7-8-14-26(25)33(28)27(20-15-21-9-3-2-4-10-21)29(34)31-24-11-5-6-12-24/h2-4,7-10,13-14,16-19,24,27H,5-6,11-12,15,20H2,1H3,(H,31,34). The van der Waals surface area contributed by atoms with Crippen LogP contribution in [0.25, 0.3) is 22.4 Å². The van der Waals surface area contributed by atoms with E-state index >= 15 is 0 Å². The zero-order valence-electron chi connectivity index (χ0n) is 20.5. The van der Waals surface area contributed by atoms with E-state index in [1.54, 1.807) is 12.1 Å². The zero-order chi connectivity index (χ0) is 24.9. The van der Waals surface area contributed by atoms with Gasteiger partial charge in [-0.05, 0) is 55.5 Å². The molecule has 0 spiro atoms. The fraction of sp³-hybridized carbons (Fsp3) is 0.300. The van der Waals surface area contributed by atoms with E-state index in [9.17, 15) is 9.59 Å². The molecular weight excluding hydrogens is 450 g/mol. The number of methoxy groups -OCH3 is 1. The number of para-hydroxylation sites is 2. The Morgan fingerprint density at radius 3 is 2.39 bits per heavy atom. The Labute approximate surface area is 211 Å². The summed E-state index contributed by atoms with van der Waals surface area (Å²) in [6.45, 7) is 0. The first kappa shape index (κ1) is 23.8. The largest absolute Gasteiger partial charge is 0.465 e.